The highest BCUT2D eigenvalue weighted by atomic mass is 16.2. The van der Waals surface area contributed by atoms with Crippen molar-refractivity contribution in [2.75, 3.05) is 26.2 Å². The zero-order valence-electron chi connectivity index (χ0n) is 13.1. The molecule has 1 N–H and O–H groups in total. The highest BCUT2D eigenvalue weighted by Crippen LogP contribution is 2.52. The van der Waals surface area contributed by atoms with E-state index in [2.05, 4.69) is 17.5 Å². The summed E-state index contributed by atoms with van der Waals surface area (Å²) in [5, 5.41) is 2.78. The number of fused-ring (bicyclic) bond motifs is 5. The van der Waals surface area contributed by atoms with Gasteiger partial charge in [0.15, 0.2) is 0 Å². The van der Waals surface area contributed by atoms with Crippen LogP contribution >= 0.6 is 0 Å². The Hall–Kier alpha value is -1.85. The highest BCUT2D eigenvalue weighted by Gasteiger charge is 2.58. The average molecular weight is 305 g/mol. The van der Waals surface area contributed by atoms with Crippen LogP contribution in [0.5, 0.6) is 0 Å². The minimum atomic E-state index is -0.152. The molecule has 2 fully saturated rings. The molecule has 4 amide bonds. The normalized spacial score (nSPS) is 31.8. The van der Waals surface area contributed by atoms with Gasteiger partial charge in [-0.15, -0.1) is 0 Å². The Morgan fingerprint density at radius 2 is 1.73 bits per heavy atom. The van der Waals surface area contributed by atoms with Gasteiger partial charge in [0.25, 0.3) is 0 Å². The molecule has 0 radical (unpaired) electrons. The summed E-state index contributed by atoms with van der Waals surface area (Å²) in [4.78, 5) is 39.8. The molecule has 0 aromatic heterocycles. The van der Waals surface area contributed by atoms with Crippen molar-refractivity contribution in [3.8, 4) is 0 Å². The second-order valence-electron chi connectivity index (χ2n) is 6.23. The summed E-state index contributed by atoms with van der Waals surface area (Å²) in [6, 6.07) is -0.147. The summed E-state index contributed by atoms with van der Waals surface area (Å²) in [5.74, 6) is 0.0678. The molecule has 2 bridgehead atoms. The van der Waals surface area contributed by atoms with E-state index in [4.69, 9.17) is 0 Å². The van der Waals surface area contributed by atoms with Crippen LogP contribution in [0.3, 0.4) is 0 Å². The lowest BCUT2D eigenvalue weighted by Crippen LogP contribution is -2.44. The fraction of sp³-hybridized carbons (Fsp3) is 0.688. The Labute approximate surface area is 130 Å². The van der Waals surface area contributed by atoms with Crippen LogP contribution in [-0.2, 0) is 9.59 Å². The summed E-state index contributed by atoms with van der Waals surface area (Å²) < 4.78 is 0. The molecular formula is C16H23N3O3. The molecule has 120 valence electrons. The number of rotatable bonds is 5. The third-order valence-corrected chi connectivity index (χ3v) is 5.22. The summed E-state index contributed by atoms with van der Waals surface area (Å²) >= 11 is 0. The van der Waals surface area contributed by atoms with E-state index in [1.54, 1.807) is 4.90 Å². The highest BCUT2D eigenvalue weighted by molar-refractivity contribution is 6.06. The van der Waals surface area contributed by atoms with Gasteiger partial charge in [-0.2, -0.15) is 0 Å². The number of nitrogens with zero attached hydrogens (tertiary/aromatic N) is 2. The first-order valence-corrected chi connectivity index (χ1v) is 8.14. The number of likely N-dealkylation sites (tertiary alicyclic amines) is 1. The SMILES string of the molecule is CCN(CC)C(=O)NCCN1C(=O)[C@H]2[C@H](C1=O)[C@H]1C=C[C@H]2C1. The molecule has 1 aliphatic heterocycles. The Balaban J connectivity index is 1.55. The summed E-state index contributed by atoms with van der Waals surface area (Å²) in [6.45, 7) is 5.71. The molecular weight excluding hydrogens is 282 g/mol. The Kier molecular flexibility index (Phi) is 3.93. The molecule has 22 heavy (non-hydrogen) atoms. The number of hydrogen-bond acceptors (Lipinski definition) is 3. The molecule has 1 heterocycles. The molecule has 4 atom stereocenters. The summed E-state index contributed by atoms with van der Waals surface area (Å²) in [7, 11) is 0. The van der Waals surface area contributed by atoms with E-state index < -0.39 is 0 Å². The van der Waals surface area contributed by atoms with Crippen molar-refractivity contribution >= 4 is 17.8 Å². The monoisotopic (exact) mass is 305 g/mol. The first-order valence-electron chi connectivity index (χ1n) is 8.14. The van der Waals surface area contributed by atoms with Crippen LogP contribution in [0.25, 0.3) is 0 Å². The summed E-state index contributed by atoms with van der Waals surface area (Å²) in [6.07, 6.45) is 5.12. The maximum absolute atomic E-state index is 12.5. The minimum absolute atomic E-state index is 0.0519. The van der Waals surface area contributed by atoms with Crippen LogP contribution in [0.2, 0.25) is 0 Å². The van der Waals surface area contributed by atoms with Crippen molar-refractivity contribution in [3.63, 3.8) is 0 Å². The Bertz CT molecular complexity index is 497. The van der Waals surface area contributed by atoms with Crippen molar-refractivity contribution in [1.29, 1.82) is 0 Å². The van der Waals surface area contributed by atoms with E-state index in [1.165, 1.54) is 4.90 Å². The van der Waals surface area contributed by atoms with Gasteiger partial charge >= 0.3 is 6.03 Å². The maximum Gasteiger partial charge on any atom is 0.317 e. The van der Waals surface area contributed by atoms with Gasteiger partial charge in [-0.25, -0.2) is 4.79 Å². The zero-order valence-corrected chi connectivity index (χ0v) is 13.1. The fourth-order valence-corrected chi connectivity index (χ4v) is 4.08. The Morgan fingerprint density at radius 1 is 1.18 bits per heavy atom. The van der Waals surface area contributed by atoms with Gasteiger partial charge in [0.05, 0.1) is 11.8 Å². The number of imide groups is 1. The molecule has 6 nitrogen and oxygen atoms in total. The molecule has 3 rings (SSSR count). The molecule has 1 saturated heterocycles. The fourth-order valence-electron chi connectivity index (χ4n) is 4.08. The predicted molar refractivity (Wildman–Crippen MR) is 80.8 cm³/mol. The second kappa shape index (κ2) is 5.74. The maximum atomic E-state index is 12.5. The standard InChI is InChI=1S/C16H23N3O3/c1-3-18(4-2)16(22)17-7-8-19-14(20)12-10-5-6-11(9-10)13(12)15(19)21/h5-6,10-13H,3-4,7-9H2,1-2H3,(H,17,22)/t10-,11-,12+,13+/m0/s1. The van der Waals surface area contributed by atoms with Gasteiger partial charge in [-0.1, -0.05) is 12.2 Å². The number of allylic oxidation sites excluding steroid dienone is 2. The van der Waals surface area contributed by atoms with Gasteiger partial charge in [0.2, 0.25) is 11.8 Å². The van der Waals surface area contributed by atoms with Crippen LogP contribution in [0.4, 0.5) is 4.79 Å². The molecule has 0 unspecified atom stereocenters. The van der Waals surface area contributed by atoms with Gasteiger partial charge in [0.1, 0.15) is 0 Å². The van der Waals surface area contributed by atoms with E-state index in [-0.39, 0.29) is 48.1 Å². The lowest BCUT2D eigenvalue weighted by atomic mass is 9.85. The van der Waals surface area contributed by atoms with Gasteiger partial charge < -0.3 is 10.2 Å². The minimum Gasteiger partial charge on any atom is -0.336 e. The molecule has 0 aromatic rings. The second-order valence-corrected chi connectivity index (χ2v) is 6.23. The lowest BCUT2D eigenvalue weighted by molar-refractivity contribution is -0.140. The largest absolute Gasteiger partial charge is 0.336 e. The van der Waals surface area contributed by atoms with Crippen molar-refractivity contribution in [2.24, 2.45) is 23.7 Å². The van der Waals surface area contributed by atoms with Crippen molar-refractivity contribution in [2.45, 2.75) is 20.3 Å². The zero-order chi connectivity index (χ0) is 15.9. The van der Waals surface area contributed by atoms with Gasteiger partial charge in [-0.05, 0) is 32.1 Å². The van der Waals surface area contributed by atoms with Crippen molar-refractivity contribution in [1.82, 2.24) is 15.1 Å². The first-order chi connectivity index (χ1) is 10.6. The number of urea groups is 1. The smallest absolute Gasteiger partial charge is 0.317 e. The van der Waals surface area contributed by atoms with Crippen LogP contribution in [0.1, 0.15) is 20.3 Å². The van der Waals surface area contributed by atoms with E-state index in [0.717, 1.165) is 6.42 Å². The van der Waals surface area contributed by atoms with E-state index in [0.29, 0.717) is 19.6 Å². The van der Waals surface area contributed by atoms with Crippen molar-refractivity contribution in [3.05, 3.63) is 12.2 Å². The van der Waals surface area contributed by atoms with E-state index in [9.17, 15) is 14.4 Å². The quantitative estimate of drug-likeness (QED) is 0.604. The van der Waals surface area contributed by atoms with Crippen LogP contribution < -0.4 is 5.32 Å². The Morgan fingerprint density at radius 3 is 2.23 bits per heavy atom. The summed E-state index contributed by atoms with van der Waals surface area (Å²) in [5.41, 5.74) is 0. The number of hydrogen-bond donors (Lipinski definition) is 1. The number of amides is 4. The molecule has 2 aliphatic carbocycles. The molecule has 0 spiro atoms. The molecule has 3 aliphatic rings. The van der Waals surface area contributed by atoms with Crippen LogP contribution in [-0.4, -0.2) is 53.8 Å². The van der Waals surface area contributed by atoms with E-state index in [1.807, 2.05) is 13.8 Å². The van der Waals surface area contributed by atoms with Crippen LogP contribution in [0.15, 0.2) is 12.2 Å². The number of carbonyl (C=O) groups excluding carboxylic acids is 3. The third-order valence-electron chi connectivity index (χ3n) is 5.22. The average Bonchev–Trinajstić information content (AvgIpc) is 3.17. The molecule has 0 aromatic carbocycles. The number of carbonyl (C=O) groups is 3. The molecule has 6 heteroatoms. The third kappa shape index (κ3) is 2.21. The predicted octanol–water partition coefficient (Wildman–Crippen LogP) is 0.845. The number of nitrogens with one attached hydrogen (secondary N) is 1. The van der Waals surface area contributed by atoms with Crippen molar-refractivity contribution < 1.29 is 14.4 Å². The van der Waals surface area contributed by atoms with Gasteiger partial charge in [0, 0.05) is 26.2 Å². The van der Waals surface area contributed by atoms with Crippen LogP contribution in [0, 0.1) is 23.7 Å². The first kappa shape index (κ1) is 15.1. The lowest BCUT2D eigenvalue weighted by Gasteiger charge is -2.21. The molecule has 1 saturated carbocycles. The van der Waals surface area contributed by atoms with Gasteiger partial charge in [-0.3, -0.25) is 14.5 Å². The topological polar surface area (TPSA) is 69.7 Å². The van der Waals surface area contributed by atoms with E-state index >= 15 is 0 Å².